The van der Waals surface area contributed by atoms with Crippen molar-refractivity contribution in [3.05, 3.63) is 34.9 Å². The summed E-state index contributed by atoms with van der Waals surface area (Å²) in [5, 5.41) is 0. The van der Waals surface area contributed by atoms with Crippen LogP contribution in [0.25, 0.3) is 0 Å². The number of primary amides is 1. The van der Waals surface area contributed by atoms with E-state index >= 15 is 0 Å². The van der Waals surface area contributed by atoms with Crippen molar-refractivity contribution in [3.8, 4) is 0 Å². The molecule has 1 aromatic rings. The van der Waals surface area contributed by atoms with E-state index in [0.29, 0.717) is 13.1 Å². The van der Waals surface area contributed by atoms with E-state index in [1.807, 2.05) is 37.9 Å². The van der Waals surface area contributed by atoms with Gasteiger partial charge in [0.15, 0.2) is 0 Å². The molecule has 3 rings (SSSR count). The van der Waals surface area contributed by atoms with Crippen LogP contribution in [0.3, 0.4) is 0 Å². The maximum Gasteiger partial charge on any atom is 0.254 e. The van der Waals surface area contributed by atoms with Gasteiger partial charge in [-0.3, -0.25) is 14.5 Å². The Morgan fingerprint density at radius 2 is 1.80 bits per heavy atom. The SMILES string of the molecule is Cc1ccc(C(=O)N2CCC3(CCCN(C)C3C(N)=O)CC2)c(C)c1. The van der Waals surface area contributed by atoms with Gasteiger partial charge in [-0.15, -0.1) is 0 Å². The second kappa shape index (κ2) is 6.79. The average Bonchev–Trinajstić information content (AvgIpc) is 2.54. The predicted molar refractivity (Wildman–Crippen MR) is 98.3 cm³/mol. The van der Waals surface area contributed by atoms with Crippen molar-refractivity contribution in [2.24, 2.45) is 11.1 Å². The molecule has 2 N–H and O–H groups in total. The standard InChI is InChI=1S/C20H29N3O2/c1-14-5-6-16(15(2)13-14)19(25)23-11-8-20(9-12-23)7-4-10-22(3)17(20)18(21)24/h5-6,13,17H,4,7-12H2,1-3H3,(H2,21,24). The summed E-state index contributed by atoms with van der Waals surface area (Å²) in [6.45, 7) is 6.34. The summed E-state index contributed by atoms with van der Waals surface area (Å²) >= 11 is 0. The number of piperidine rings is 2. The number of aryl methyl sites for hydroxylation is 2. The normalized spacial score (nSPS) is 23.6. The van der Waals surface area contributed by atoms with E-state index < -0.39 is 0 Å². The molecule has 0 saturated carbocycles. The van der Waals surface area contributed by atoms with Crippen LogP contribution < -0.4 is 5.73 Å². The second-order valence-corrected chi connectivity index (χ2v) is 7.86. The minimum absolute atomic E-state index is 0.0715. The largest absolute Gasteiger partial charge is 0.368 e. The Morgan fingerprint density at radius 1 is 1.12 bits per heavy atom. The summed E-state index contributed by atoms with van der Waals surface area (Å²) in [5.74, 6) is -0.122. The van der Waals surface area contributed by atoms with Crippen molar-refractivity contribution >= 4 is 11.8 Å². The highest BCUT2D eigenvalue weighted by atomic mass is 16.2. The zero-order valence-electron chi connectivity index (χ0n) is 15.5. The fourth-order valence-electron chi connectivity index (χ4n) is 4.84. The number of likely N-dealkylation sites (tertiary alicyclic amines) is 2. The van der Waals surface area contributed by atoms with Crippen molar-refractivity contribution in [3.63, 3.8) is 0 Å². The molecule has 1 unspecified atom stereocenters. The molecule has 5 nitrogen and oxygen atoms in total. The van der Waals surface area contributed by atoms with E-state index in [1.54, 1.807) is 0 Å². The van der Waals surface area contributed by atoms with E-state index in [0.717, 1.165) is 43.4 Å². The van der Waals surface area contributed by atoms with Gasteiger partial charge in [-0.2, -0.15) is 0 Å². The molecule has 1 spiro atoms. The first-order chi connectivity index (χ1) is 11.8. The number of nitrogens with two attached hydrogens (primary N) is 1. The fraction of sp³-hybridized carbons (Fsp3) is 0.600. The minimum atomic E-state index is -0.226. The van der Waals surface area contributed by atoms with Gasteiger partial charge in [0.2, 0.25) is 5.91 Å². The summed E-state index contributed by atoms with van der Waals surface area (Å²) in [4.78, 5) is 29.0. The Morgan fingerprint density at radius 3 is 2.40 bits per heavy atom. The van der Waals surface area contributed by atoms with Crippen molar-refractivity contribution in [2.75, 3.05) is 26.7 Å². The van der Waals surface area contributed by atoms with Crippen molar-refractivity contribution in [1.82, 2.24) is 9.80 Å². The van der Waals surface area contributed by atoms with Crippen LogP contribution in [0.15, 0.2) is 18.2 Å². The number of nitrogens with zero attached hydrogens (tertiary/aromatic N) is 2. The summed E-state index contributed by atoms with van der Waals surface area (Å²) in [6, 6.07) is 5.76. The molecule has 0 radical (unpaired) electrons. The molecule has 0 aliphatic carbocycles. The van der Waals surface area contributed by atoms with Crippen LogP contribution in [0.1, 0.15) is 47.2 Å². The highest BCUT2D eigenvalue weighted by Crippen LogP contribution is 2.44. The molecule has 2 fully saturated rings. The average molecular weight is 343 g/mol. The van der Waals surface area contributed by atoms with Gasteiger partial charge >= 0.3 is 0 Å². The highest BCUT2D eigenvalue weighted by Gasteiger charge is 2.48. The Balaban J connectivity index is 1.74. The van der Waals surface area contributed by atoms with Crippen LogP contribution in [-0.2, 0) is 4.79 Å². The number of benzene rings is 1. The molecule has 2 heterocycles. The van der Waals surface area contributed by atoms with E-state index in [-0.39, 0.29) is 23.3 Å². The Labute approximate surface area is 150 Å². The molecule has 1 aromatic carbocycles. The molecule has 2 amide bonds. The first-order valence-corrected chi connectivity index (χ1v) is 9.20. The van der Waals surface area contributed by atoms with Crippen LogP contribution >= 0.6 is 0 Å². The first-order valence-electron chi connectivity index (χ1n) is 9.20. The van der Waals surface area contributed by atoms with Gasteiger partial charge in [-0.25, -0.2) is 0 Å². The maximum atomic E-state index is 12.9. The quantitative estimate of drug-likeness (QED) is 0.894. The summed E-state index contributed by atoms with van der Waals surface area (Å²) < 4.78 is 0. The number of amides is 2. The van der Waals surface area contributed by atoms with Gasteiger partial charge in [0, 0.05) is 18.7 Å². The van der Waals surface area contributed by atoms with E-state index in [2.05, 4.69) is 11.0 Å². The van der Waals surface area contributed by atoms with E-state index in [9.17, 15) is 9.59 Å². The third-order valence-corrected chi connectivity index (χ3v) is 6.13. The third kappa shape index (κ3) is 3.30. The van der Waals surface area contributed by atoms with E-state index in [4.69, 9.17) is 5.73 Å². The topological polar surface area (TPSA) is 66.6 Å². The van der Waals surface area contributed by atoms with Crippen LogP contribution in [0, 0.1) is 19.3 Å². The summed E-state index contributed by atoms with van der Waals surface area (Å²) in [5.41, 5.74) is 8.63. The van der Waals surface area contributed by atoms with Crippen molar-refractivity contribution < 1.29 is 9.59 Å². The molecular formula is C20H29N3O2. The number of hydrogen-bond acceptors (Lipinski definition) is 3. The summed E-state index contributed by atoms with van der Waals surface area (Å²) in [6.07, 6.45) is 3.81. The monoisotopic (exact) mass is 343 g/mol. The smallest absolute Gasteiger partial charge is 0.254 e. The lowest BCUT2D eigenvalue weighted by molar-refractivity contribution is -0.132. The molecular weight excluding hydrogens is 314 g/mol. The molecule has 5 heteroatoms. The molecule has 2 saturated heterocycles. The number of carbonyl (C=O) groups is 2. The summed E-state index contributed by atoms with van der Waals surface area (Å²) in [7, 11) is 1.99. The van der Waals surface area contributed by atoms with Gasteiger partial charge in [0.1, 0.15) is 0 Å². The van der Waals surface area contributed by atoms with Gasteiger partial charge in [0.05, 0.1) is 6.04 Å². The highest BCUT2D eigenvalue weighted by molar-refractivity contribution is 5.95. The van der Waals surface area contributed by atoms with Gasteiger partial charge < -0.3 is 10.6 Å². The number of hydrogen-bond donors (Lipinski definition) is 1. The molecule has 2 aliphatic heterocycles. The molecule has 1 atom stereocenters. The molecule has 25 heavy (non-hydrogen) atoms. The second-order valence-electron chi connectivity index (χ2n) is 7.86. The molecule has 2 aliphatic rings. The van der Waals surface area contributed by atoms with Crippen molar-refractivity contribution in [1.29, 1.82) is 0 Å². The Kier molecular flexibility index (Phi) is 4.87. The molecule has 0 bridgehead atoms. The van der Waals surface area contributed by atoms with Crippen LogP contribution in [0.5, 0.6) is 0 Å². The van der Waals surface area contributed by atoms with Crippen molar-refractivity contribution in [2.45, 2.75) is 45.6 Å². The lowest BCUT2D eigenvalue weighted by Gasteiger charge is -2.51. The van der Waals surface area contributed by atoms with Gasteiger partial charge in [0.25, 0.3) is 5.91 Å². The molecule has 136 valence electrons. The van der Waals surface area contributed by atoms with Crippen LogP contribution in [-0.4, -0.2) is 54.3 Å². The number of likely N-dealkylation sites (N-methyl/N-ethyl adjacent to an activating group) is 1. The Hall–Kier alpha value is -1.88. The predicted octanol–water partition coefficient (Wildman–Crippen LogP) is 2.11. The van der Waals surface area contributed by atoms with Gasteiger partial charge in [-0.05, 0) is 70.2 Å². The zero-order chi connectivity index (χ0) is 18.2. The van der Waals surface area contributed by atoms with E-state index in [1.165, 1.54) is 5.56 Å². The lowest BCUT2D eigenvalue weighted by atomic mass is 9.66. The number of rotatable bonds is 2. The lowest BCUT2D eigenvalue weighted by Crippen LogP contribution is -2.60. The Bertz CT molecular complexity index is 678. The zero-order valence-corrected chi connectivity index (χ0v) is 15.5. The maximum absolute atomic E-state index is 12.9. The fourth-order valence-corrected chi connectivity index (χ4v) is 4.84. The van der Waals surface area contributed by atoms with Crippen LogP contribution in [0.2, 0.25) is 0 Å². The van der Waals surface area contributed by atoms with Gasteiger partial charge in [-0.1, -0.05) is 17.7 Å². The third-order valence-electron chi connectivity index (χ3n) is 6.13. The molecule has 0 aromatic heterocycles. The first kappa shape index (κ1) is 17.9. The van der Waals surface area contributed by atoms with Crippen LogP contribution in [0.4, 0.5) is 0 Å². The minimum Gasteiger partial charge on any atom is -0.368 e. The number of carbonyl (C=O) groups excluding carboxylic acids is 2.